The summed E-state index contributed by atoms with van der Waals surface area (Å²) >= 11 is 0. The molecule has 0 saturated carbocycles. The Hall–Kier alpha value is -4.02. The van der Waals surface area contributed by atoms with Gasteiger partial charge in [0.05, 0.1) is 24.5 Å². The summed E-state index contributed by atoms with van der Waals surface area (Å²) in [5, 5.41) is 9.73. The van der Waals surface area contributed by atoms with Crippen LogP contribution in [0, 0.1) is 0 Å². The summed E-state index contributed by atoms with van der Waals surface area (Å²) in [7, 11) is 1.77. The summed E-state index contributed by atoms with van der Waals surface area (Å²) in [5.41, 5.74) is 11.6. The fourth-order valence-corrected chi connectivity index (χ4v) is 4.34. The number of amides is 2. The lowest BCUT2D eigenvalue weighted by Crippen LogP contribution is -2.48. The molecule has 1 aliphatic heterocycles. The molecule has 0 spiro atoms. The van der Waals surface area contributed by atoms with Gasteiger partial charge in [-0.15, -0.1) is 0 Å². The summed E-state index contributed by atoms with van der Waals surface area (Å²) < 4.78 is 0. The molecule has 2 amide bonds. The van der Waals surface area contributed by atoms with E-state index in [1.807, 2.05) is 42.3 Å². The number of anilines is 2. The van der Waals surface area contributed by atoms with E-state index in [2.05, 4.69) is 32.7 Å². The third-order valence-electron chi connectivity index (χ3n) is 6.41. The van der Waals surface area contributed by atoms with Crippen LogP contribution in [0.5, 0.6) is 0 Å². The van der Waals surface area contributed by atoms with Gasteiger partial charge in [-0.1, -0.05) is 37.3 Å². The Kier molecular flexibility index (Phi) is 8.65. The van der Waals surface area contributed by atoms with Crippen molar-refractivity contribution >= 4 is 23.2 Å². The molecule has 1 aromatic heterocycles. The Morgan fingerprint density at radius 1 is 1.00 bits per heavy atom. The van der Waals surface area contributed by atoms with E-state index in [4.69, 9.17) is 5.73 Å². The normalized spacial score (nSPS) is 12.7. The predicted octanol–water partition coefficient (Wildman–Crippen LogP) is 1.65. The first-order chi connectivity index (χ1) is 18.0. The Balaban J connectivity index is 1.50. The van der Waals surface area contributed by atoms with E-state index < -0.39 is 0 Å². The summed E-state index contributed by atoms with van der Waals surface area (Å²) in [5.74, 6) is -0.310. The highest BCUT2D eigenvalue weighted by Gasteiger charge is 2.27. The van der Waals surface area contributed by atoms with Crippen LogP contribution in [0.15, 0.2) is 61.2 Å². The molecule has 0 aliphatic carbocycles. The van der Waals surface area contributed by atoms with Gasteiger partial charge in [0.25, 0.3) is 5.91 Å². The largest absolute Gasteiger partial charge is 0.397 e. The minimum absolute atomic E-state index is 0.00195. The Bertz CT molecular complexity index is 1200. The van der Waals surface area contributed by atoms with Crippen molar-refractivity contribution in [2.45, 2.75) is 20.0 Å². The van der Waals surface area contributed by atoms with E-state index in [0.717, 1.165) is 17.7 Å². The number of nitrogen functional groups attached to an aromatic ring is 1. The van der Waals surface area contributed by atoms with Crippen molar-refractivity contribution in [1.82, 2.24) is 30.6 Å². The molecule has 0 atom stereocenters. The second kappa shape index (κ2) is 12.3. The zero-order valence-electron chi connectivity index (χ0n) is 21.4. The van der Waals surface area contributed by atoms with Crippen molar-refractivity contribution in [3.63, 3.8) is 0 Å². The molecule has 10 nitrogen and oxygen atoms in total. The predicted molar refractivity (Wildman–Crippen MR) is 144 cm³/mol. The topological polar surface area (TPSA) is 120 Å². The molecule has 4 N–H and O–H groups in total. The van der Waals surface area contributed by atoms with Crippen LogP contribution in [0.2, 0.25) is 0 Å². The second-order valence-electron chi connectivity index (χ2n) is 8.97. The van der Waals surface area contributed by atoms with Gasteiger partial charge in [0.15, 0.2) is 0 Å². The summed E-state index contributed by atoms with van der Waals surface area (Å²) in [6, 6.07) is 13.7. The highest BCUT2D eigenvalue weighted by atomic mass is 16.2. The number of nitrogens with two attached hydrogens (primary N) is 1. The van der Waals surface area contributed by atoms with Crippen LogP contribution in [-0.2, 0) is 22.7 Å². The molecule has 0 saturated heterocycles. The molecule has 2 aromatic carbocycles. The van der Waals surface area contributed by atoms with Crippen molar-refractivity contribution in [2.24, 2.45) is 0 Å². The van der Waals surface area contributed by atoms with Crippen LogP contribution in [0.3, 0.4) is 0 Å². The van der Waals surface area contributed by atoms with Gasteiger partial charge in [0.2, 0.25) is 5.91 Å². The maximum atomic E-state index is 13.4. The second-order valence-corrected chi connectivity index (χ2v) is 8.97. The maximum absolute atomic E-state index is 13.4. The molecule has 194 valence electrons. The number of benzene rings is 2. The SMILES string of the molecule is CCNCCNC(=O)CN(CC(=O)N(C)N1Cc2ccccc2C1)c1ccc(-c2cncnc2)cc1N. The van der Waals surface area contributed by atoms with Gasteiger partial charge in [-0.2, -0.15) is 0 Å². The van der Waals surface area contributed by atoms with Gasteiger partial charge in [0.1, 0.15) is 6.33 Å². The lowest BCUT2D eigenvalue weighted by atomic mass is 10.1. The van der Waals surface area contributed by atoms with E-state index in [9.17, 15) is 9.59 Å². The van der Waals surface area contributed by atoms with Crippen molar-refractivity contribution < 1.29 is 9.59 Å². The first-order valence-corrected chi connectivity index (χ1v) is 12.4. The third kappa shape index (κ3) is 6.60. The molecule has 0 bridgehead atoms. The van der Waals surface area contributed by atoms with Crippen molar-refractivity contribution in [2.75, 3.05) is 50.4 Å². The molecule has 0 radical (unpaired) electrons. The first kappa shape index (κ1) is 26.1. The van der Waals surface area contributed by atoms with Crippen LogP contribution in [0.4, 0.5) is 11.4 Å². The molecule has 37 heavy (non-hydrogen) atoms. The van der Waals surface area contributed by atoms with Gasteiger partial charge in [0, 0.05) is 51.2 Å². The van der Waals surface area contributed by atoms with E-state index in [-0.39, 0.29) is 24.9 Å². The Labute approximate surface area is 217 Å². The van der Waals surface area contributed by atoms with Crippen LogP contribution in [0.1, 0.15) is 18.1 Å². The Morgan fingerprint density at radius 3 is 2.35 bits per heavy atom. The average molecular weight is 503 g/mol. The van der Waals surface area contributed by atoms with Crippen LogP contribution >= 0.6 is 0 Å². The molecule has 10 heteroatoms. The molecule has 1 aliphatic rings. The third-order valence-corrected chi connectivity index (χ3v) is 6.41. The maximum Gasteiger partial charge on any atom is 0.256 e. The number of carbonyl (C=O) groups is 2. The molecule has 0 unspecified atom stereocenters. The monoisotopic (exact) mass is 502 g/mol. The summed E-state index contributed by atoms with van der Waals surface area (Å²) in [4.78, 5) is 36.0. The number of carbonyl (C=O) groups excluding carboxylic acids is 2. The average Bonchev–Trinajstić information content (AvgIpc) is 3.35. The van der Waals surface area contributed by atoms with E-state index in [0.29, 0.717) is 37.6 Å². The van der Waals surface area contributed by atoms with Gasteiger partial charge < -0.3 is 21.3 Å². The molecule has 3 aromatic rings. The Morgan fingerprint density at radius 2 is 1.70 bits per heavy atom. The minimum Gasteiger partial charge on any atom is -0.397 e. The van der Waals surface area contributed by atoms with Gasteiger partial charge >= 0.3 is 0 Å². The minimum atomic E-state index is -0.179. The highest BCUT2D eigenvalue weighted by molar-refractivity contribution is 5.89. The fraction of sp³-hybridized carbons (Fsp3) is 0.333. The molecular weight excluding hydrogens is 468 g/mol. The number of nitrogens with zero attached hydrogens (tertiary/aromatic N) is 5. The van der Waals surface area contributed by atoms with E-state index in [1.165, 1.54) is 17.5 Å². The number of hydrogen-bond acceptors (Lipinski definition) is 8. The summed E-state index contributed by atoms with van der Waals surface area (Å²) in [6.07, 6.45) is 4.89. The number of likely N-dealkylation sites (N-methyl/N-ethyl adjacent to an activating group) is 2. The van der Waals surface area contributed by atoms with Crippen molar-refractivity contribution in [3.05, 3.63) is 72.3 Å². The van der Waals surface area contributed by atoms with Crippen LogP contribution in [0.25, 0.3) is 11.1 Å². The fourth-order valence-electron chi connectivity index (χ4n) is 4.34. The molecule has 4 rings (SSSR count). The zero-order valence-corrected chi connectivity index (χ0v) is 21.4. The molecule has 2 heterocycles. The van der Waals surface area contributed by atoms with E-state index in [1.54, 1.807) is 29.4 Å². The number of fused-ring (bicyclic) bond motifs is 1. The van der Waals surface area contributed by atoms with Gasteiger partial charge in [-0.3, -0.25) is 14.6 Å². The van der Waals surface area contributed by atoms with Crippen LogP contribution < -0.4 is 21.3 Å². The number of hydrazine groups is 1. The van der Waals surface area contributed by atoms with Crippen molar-refractivity contribution in [3.8, 4) is 11.1 Å². The number of nitrogens with one attached hydrogen (secondary N) is 2. The number of aromatic nitrogens is 2. The highest BCUT2D eigenvalue weighted by Crippen LogP contribution is 2.29. The smallest absolute Gasteiger partial charge is 0.256 e. The molecular formula is C27H34N8O2. The summed E-state index contributed by atoms with van der Waals surface area (Å²) in [6.45, 7) is 5.36. The quantitative estimate of drug-likeness (QED) is 0.268. The van der Waals surface area contributed by atoms with Crippen molar-refractivity contribution in [1.29, 1.82) is 0 Å². The molecule has 0 fully saturated rings. The van der Waals surface area contributed by atoms with Gasteiger partial charge in [-0.05, 0) is 35.4 Å². The first-order valence-electron chi connectivity index (χ1n) is 12.4. The number of hydrogen-bond donors (Lipinski definition) is 3. The van der Waals surface area contributed by atoms with Gasteiger partial charge in [-0.25, -0.2) is 15.0 Å². The lowest BCUT2D eigenvalue weighted by Gasteiger charge is -2.31. The lowest BCUT2D eigenvalue weighted by molar-refractivity contribution is -0.145. The standard InChI is InChI=1S/C27H34N8O2/c1-3-29-10-11-32-26(36)17-34(25-9-8-20(12-24(25)28)23-13-30-19-31-14-23)18-27(37)33(2)35-15-21-6-4-5-7-22(21)16-35/h4-9,12-14,19,29H,3,10-11,15-18,28H2,1-2H3,(H,32,36). The number of rotatable bonds is 11. The zero-order chi connectivity index (χ0) is 26.2. The van der Waals surface area contributed by atoms with E-state index >= 15 is 0 Å². The van der Waals surface area contributed by atoms with Crippen LogP contribution in [-0.4, -0.2) is 71.6 Å².